The van der Waals surface area contributed by atoms with E-state index in [0.717, 1.165) is 23.2 Å². The first-order valence-corrected chi connectivity index (χ1v) is 11.2. The molecular weight excluding hydrogens is 415 g/mol. The average Bonchev–Trinajstić information content (AvgIpc) is 3.66. The number of anilines is 1. The van der Waals surface area contributed by atoms with Crippen LogP contribution in [0.2, 0.25) is 0 Å². The van der Waals surface area contributed by atoms with Crippen LogP contribution in [-0.4, -0.2) is 18.4 Å². The van der Waals surface area contributed by atoms with Crippen LogP contribution in [0.25, 0.3) is 6.08 Å². The van der Waals surface area contributed by atoms with E-state index in [0.29, 0.717) is 11.6 Å². The molecule has 0 radical (unpaired) electrons. The molecule has 4 rings (SSSR count). The van der Waals surface area contributed by atoms with Gasteiger partial charge in [-0.25, -0.2) is 4.39 Å². The third kappa shape index (κ3) is 6.88. The predicted molar refractivity (Wildman–Crippen MR) is 129 cm³/mol. The first-order valence-electron chi connectivity index (χ1n) is 11.2. The SMILES string of the molecule is O=C(Cc1cccc(N(Cc2ccc(F)cc2)C(=O)/C=C/c2ccccc2)c1)NCC1CC1. The summed E-state index contributed by atoms with van der Waals surface area (Å²) in [5.74, 6) is 0.0956. The fraction of sp³-hybridized carbons (Fsp3) is 0.214. The number of rotatable bonds is 9. The van der Waals surface area contributed by atoms with Crippen molar-refractivity contribution in [3.05, 3.63) is 107 Å². The van der Waals surface area contributed by atoms with Crippen molar-refractivity contribution in [2.45, 2.75) is 25.8 Å². The van der Waals surface area contributed by atoms with Crippen LogP contribution in [0.15, 0.2) is 84.9 Å². The summed E-state index contributed by atoms with van der Waals surface area (Å²) in [5, 5.41) is 2.98. The number of benzene rings is 3. The summed E-state index contributed by atoms with van der Waals surface area (Å²) < 4.78 is 13.4. The van der Waals surface area contributed by atoms with Gasteiger partial charge in [-0.15, -0.1) is 0 Å². The Bertz CT molecular complexity index is 1120. The third-order valence-corrected chi connectivity index (χ3v) is 5.61. The van der Waals surface area contributed by atoms with Crippen LogP contribution in [-0.2, 0) is 22.6 Å². The Morgan fingerprint density at radius 2 is 1.70 bits per heavy atom. The van der Waals surface area contributed by atoms with Gasteiger partial charge in [0.1, 0.15) is 5.82 Å². The molecule has 4 nitrogen and oxygen atoms in total. The molecule has 0 atom stereocenters. The van der Waals surface area contributed by atoms with Gasteiger partial charge >= 0.3 is 0 Å². The second-order valence-electron chi connectivity index (χ2n) is 8.39. The first-order chi connectivity index (χ1) is 16.1. The van der Waals surface area contributed by atoms with Crippen molar-refractivity contribution in [2.75, 3.05) is 11.4 Å². The molecule has 0 heterocycles. The molecule has 1 aliphatic rings. The molecule has 33 heavy (non-hydrogen) atoms. The number of hydrogen-bond acceptors (Lipinski definition) is 2. The van der Waals surface area contributed by atoms with E-state index in [1.807, 2.05) is 54.6 Å². The molecule has 1 fully saturated rings. The number of amides is 2. The van der Waals surface area contributed by atoms with Crippen LogP contribution < -0.4 is 10.2 Å². The van der Waals surface area contributed by atoms with Crippen LogP contribution in [0.5, 0.6) is 0 Å². The maximum absolute atomic E-state index is 13.4. The molecule has 0 aromatic heterocycles. The highest BCUT2D eigenvalue weighted by molar-refractivity contribution is 6.03. The molecule has 2 amide bonds. The zero-order valence-corrected chi connectivity index (χ0v) is 18.4. The lowest BCUT2D eigenvalue weighted by Gasteiger charge is -2.22. The van der Waals surface area contributed by atoms with Gasteiger partial charge in [0.25, 0.3) is 5.91 Å². The minimum absolute atomic E-state index is 0.0144. The summed E-state index contributed by atoms with van der Waals surface area (Å²) in [4.78, 5) is 27.1. The second kappa shape index (κ2) is 10.7. The smallest absolute Gasteiger partial charge is 0.251 e. The minimum Gasteiger partial charge on any atom is -0.356 e. The number of hydrogen-bond donors (Lipinski definition) is 1. The molecule has 0 spiro atoms. The summed E-state index contributed by atoms with van der Waals surface area (Å²) in [6, 6.07) is 23.2. The molecule has 1 aliphatic carbocycles. The topological polar surface area (TPSA) is 49.4 Å². The summed E-state index contributed by atoms with van der Waals surface area (Å²) in [7, 11) is 0. The van der Waals surface area contributed by atoms with Gasteiger partial charge < -0.3 is 10.2 Å². The van der Waals surface area contributed by atoms with Crippen molar-refractivity contribution in [1.82, 2.24) is 5.32 Å². The number of carbonyl (C=O) groups excluding carboxylic acids is 2. The van der Waals surface area contributed by atoms with Gasteiger partial charge in [-0.05, 0) is 65.8 Å². The number of halogens is 1. The third-order valence-electron chi connectivity index (χ3n) is 5.61. The number of carbonyl (C=O) groups is 2. The summed E-state index contributed by atoms with van der Waals surface area (Å²) in [5.41, 5.74) is 3.26. The molecule has 3 aromatic carbocycles. The van der Waals surface area contributed by atoms with Gasteiger partial charge in [-0.3, -0.25) is 9.59 Å². The zero-order chi connectivity index (χ0) is 23.0. The lowest BCUT2D eigenvalue weighted by molar-refractivity contribution is -0.120. The monoisotopic (exact) mass is 442 g/mol. The first kappa shape index (κ1) is 22.5. The molecule has 0 unspecified atom stereocenters. The highest BCUT2D eigenvalue weighted by Gasteiger charge is 2.21. The zero-order valence-electron chi connectivity index (χ0n) is 18.4. The Hall–Kier alpha value is -3.73. The van der Waals surface area contributed by atoms with Crippen molar-refractivity contribution in [1.29, 1.82) is 0 Å². The maximum atomic E-state index is 13.4. The van der Waals surface area contributed by atoms with E-state index in [-0.39, 0.29) is 30.6 Å². The van der Waals surface area contributed by atoms with Crippen molar-refractivity contribution in [3.8, 4) is 0 Å². The molecule has 0 bridgehead atoms. The van der Waals surface area contributed by atoms with E-state index < -0.39 is 0 Å². The van der Waals surface area contributed by atoms with Crippen molar-refractivity contribution >= 4 is 23.6 Å². The molecule has 1 N–H and O–H groups in total. The van der Waals surface area contributed by atoms with Gasteiger partial charge in [-0.2, -0.15) is 0 Å². The van der Waals surface area contributed by atoms with E-state index in [9.17, 15) is 14.0 Å². The number of nitrogens with one attached hydrogen (secondary N) is 1. The minimum atomic E-state index is -0.320. The predicted octanol–water partition coefficient (Wildman–Crippen LogP) is 5.14. The standard InChI is InChI=1S/C28H27FN2O2/c29-25-14-11-23(12-15-25)20-31(28(33)16-13-21-5-2-1-3-6-21)26-8-4-7-24(17-26)18-27(32)30-19-22-9-10-22/h1-8,11-17,22H,9-10,18-20H2,(H,30,32)/b16-13+. The highest BCUT2D eigenvalue weighted by atomic mass is 19.1. The fourth-order valence-corrected chi connectivity index (χ4v) is 3.55. The van der Waals surface area contributed by atoms with Crippen LogP contribution >= 0.6 is 0 Å². The highest BCUT2D eigenvalue weighted by Crippen LogP contribution is 2.27. The van der Waals surface area contributed by atoms with Gasteiger partial charge in [0.05, 0.1) is 13.0 Å². The molecule has 5 heteroatoms. The summed E-state index contributed by atoms with van der Waals surface area (Å²) >= 11 is 0. The Labute approximate surface area is 193 Å². The van der Waals surface area contributed by atoms with Crippen LogP contribution in [0, 0.1) is 11.7 Å². The van der Waals surface area contributed by atoms with Gasteiger partial charge in [0.15, 0.2) is 0 Å². The summed E-state index contributed by atoms with van der Waals surface area (Å²) in [6.45, 7) is 1.02. The molecule has 0 saturated heterocycles. The van der Waals surface area contributed by atoms with Crippen molar-refractivity contribution in [2.24, 2.45) is 5.92 Å². The number of nitrogens with zero attached hydrogens (tertiary/aromatic N) is 1. The molecule has 168 valence electrons. The average molecular weight is 443 g/mol. The second-order valence-corrected chi connectivity index (χ2v) is 8.39. The van der Waals surface area contributed by atoms with E-state index in [1.165, 1.54) is 31.1 Å². The van der Waals surface area contributed by atoms with Crippen LogP contribution in [0.4, 0.5) is 10.1 Å². The fourth-order valence-electron chi connectivity index (χ4n) is 3.55. The Balaban J connectivity index is 1.53. The van der Waals surface area contributed by atoms with E-state index >= 15 is 0 Å². The lowest BCUT2D eigenvalue weighted by Crippen LogP contribution is -2.29. The molecular formula is C28H27FN2O2. The van der Waals surface area contributed by atoms with Gasteiger partial charge in [0.2, 0.25) is 5.91 Å². The largest absolute Gasteiger partial charge is 0.356 e. The normalized spacial score (nSPS) is 13.1. The van der Waals surface area contributed by atoms with Gasteiger partial charge in [0, 0.05) is 18.3 Å². The Morgan fingerprint density at radius 3 is 2.42 bits per heavy atom. The maximum Gasteiger partial charge on any atom is 0.251 e. The van der Waals surface area contributed by atoms with E-state index in [4.69, 9.17) is 0 Å². The van der Waals surface area contributed by atoms with Crippen molar-refractivity contribution in [3.63, 3.8) is 0 Å². The van der Waals surface area contributed by atoms with E-state index in [2.05, 4.69) is 5.32 Å². The quantitative estimate of drug-likeness (QED) is 0.467. The van der Waals surface area contributed by atoms with Gasteiger partial charge in [-0.1, -0.05) is 54.6 Å². The Kier molecular flexibility index (Phi) is 7.30. The van der Waals surface area contributed by atoms with Crippen LogP contribution in [0.3, 0.4) is 0 Å². The molecule has 3 aromatic rings. The lowest BCUT2D eigenvalue weighted by atomic mass is 10.1. The molecule has 0 aliphatic heterocycles. The van der Waals surface area contributed by atoms with E-state index in [1.54, 1.807) is 23.1 Å². The van der Waals surface area contributed by atoms with Crippen LogP contribution in [0.1, 0.15) is 29.5 Å². The Morgan fingerprint density at radius 1 is 0.939 bits per heavy atom. The van der Waals surface area contributed by atoms with Crippen molar-refractivity contribution < 1.29 is 14.0 Å². The molecule has 1 saturated carbocycles. The summed E-state index contributed by atoms with van der Waals surface area (Å²) in [6.07, 6.45) is 5.95.